The van der Waals surface area contributed by atoms with Gasteiger partial charge in [-0.05, 0) is 167 Å². The predicted molar refractivity (Wildman–Crippen MR) is 415 cm³/mol. The molecule has 0 spiro atoms. The number of methoxy groups -OCH3 is 1. The van der Waals surface area contributed by atoms with Gasteiger partial charge in [0.2, 0.25) is 11.8 Å². The number of hydrogen-bond donors (Lipinski definition) is 6. The molecule has 9 rings (SSSR count). The summed E-state index contributed by atoms with van der Waals surface area (Å²) in [5, 5.41) is 59.6. The van der Waals surface area contributed by atoms with Gasteiger partial charge in [0.1, 0.15) is 5.75 Å². The first kappa shape index (κ1) is 91.1. The van der Waals surface area contributed by atoms with Crippen LogP contribution in [0.15, 0.2) is 167 Å². The van der Waals surface area contributed by atoms with Gasteiger partial charge in [0.05, 0.1) is 62.7 Å². The van der Waals surface area contributed by atoms with Gasteiger partial charge in [-0.1, -0.05) is 96.7 Å². The lowest BCUT2D eigenvalue weighted by molar-refractivity contribution is -0.386. The van der Waals surface area contributed by atoms with Crippen molar-refractivity contribution in [3.8, 4) is 5.75 Å². The Morgan fingerprint density at radius 3 is 1.67 bits per heavy atom. The molecule has 32 nitrogen and oxygen atoms in total. The van der Waals surface area contributed by atoms with E-state index >= 15 is 0 Å². The average Bonchev–Trinajstić information content (AvgIpc) is 1.69. The highest BCUT2D eigenvalue weighted by Crippen LogP contribution is 2.29. The second-order valence-corrected chi connectivity index (χ2v) is 26.2. The van der Waals surface area contributed by atoms with Crippen LogP contribution in [-0.4, -0.2) is 159 Å². The molecule has 6 aromatic carbocycles. The number of nitro benzene ring substituents is 1. The molecule has 6 amide bonds. The number of aryl methyl sites for hydroxylation is 1. The minimum atomic E-state index is -1.17. The summed E-state index contributed by atoms with van der Waals surface area (Å²) in [5.41, 5.74) is 9.21. The first-order valence-electron chi connectivity index (χ1n) is 35.5. The van der Waals surface area contributed by atoms with Crippen LogP contribution < -0.4 is 52.1 Å². The van der Waals surface area contributed by atoms with Crippen LogP contribution in [0.2, 0.25) is 0 Å². The summed E-state index contributed by atoms with van der Waals surface area (Å²) in [5.74, 6) is -3.60. The molecule has 3 aliphatic heterocycles. The van der Waals surface area contributed by atoms with Gasteiger partial charge in [0.25, 0.3) is 17.5 Å². The number of nitro groups is 1. The van der Waals surface area contributed by atoms with Crippen LogP contribution >= 0.6 is 11.8 Å². The van der Waals surface area contributed by atoms with Crippen molar-refractivity contribution in [3.05, 3.63) is 194 Å². The molecule has 34 heteroatoms. The number of rotatable bonds is 34. The first-order chi connectivity index (χ1) is 53.8. The van der Waals surface area contributed by atoms with E-state index in [1.165, 1.54) is 44.0 Å². The number of para-hydroxylation sites is 2. The smallest absolute Gasteiger partial charge is 0.411 e. The van der Waals surface area contributed by atoms with Crippen molar-refractivity contribution in [2.24, 2.45) is 10.1 Å². The molecule has 112 heavy (non-hydrogen) atoms. The molecule has 3 heterocycles. The average molecular weight is 1580 g/mol. The molecule has 3 aliphatic rings. The molecule has 6 aromatic rings. The molecule has 600 valence electrons. The number of morpholine rings is 1. The predicted octanol–water partition coefficient (Wildman–Crippen LogP) is 7.92. The standard InChI is InChI=1S/C19H22N2O4.C16H16N4O3.C16H23N3O4.C15H24O9.C12H9NO2S2/c22-18(20-16-10-4-1-5-11-16)24-14-8-3-9-15-25-19(23)21-17-12-6-2-7-13-17;1-12-4-2-6-14(8-12)17-11-16(21)19-18-10-13-5-3-7-15(9-13)20(22)23;1-12(20)18-14-3-4-15(22-2)13(9-14)10-17-16(21)11-19-5-7-23-8-6-19;16-10(17)4-1-7-13-22-14(8-2-5-11(18)19)24-15(23-13)9-3-6-12(20)21;1-7(14)9-4-2-8(3-5-9)6-10-11(15)13-12(16)17-10/h1-2,4-7,10-13H,3,8-9,14-15H2,(H,20,22)(H,21,23);2-10,17H,11H2,1H3,(H,19,21);3-4,9H,5-8,10-11H2,1-2H3,(H,17,21)(H,18,20);13-15H,1-9H2,(H,16,17)(H,18,19)(H,20,21);2-6H,1H3,(H,13,15,16)/p-4/b;18-10+;;;10-6-. The Balaban J connectivity index is 0.000000251. The maximum absolute atomic E-state index is 12.0. The molecule has 0 aliphatic carbocycles. The maximum Gasteiger partial charge on any atom is 0.411 e. The van der Waals surface area contributed by atoms with Gasteiger partial charge >= 0.3 is 12.2 Å². The molecule has 0 radical (unpaired) electrons. The number of ketones is 1. The fourth-order valence-corrected chi connectivity index (χ4v) is 10.9. The Morgan fingerprint density at radius 1 is 0.634 bits per heavy atom. The molecule has 6 N–H and O–H groups in total. The molecule has 0 unspecified atom stereocenters. The van der Waals surface area contributed by atoms with Crippen molar-refractivity contribution >= 4 is 129 Å². The second-order valence-electron chi connectivity index (χ2n) is 24.5. The lowest BCUT2D eigenvalue weighted by atomic mass is 10.1. The number of aliphatic carboxylic acids is 3. The number of aliphatic imine (C=N–C) groups is 1. The number of nitrogens with zero attached hydrogens (tertiary/aromatic N) is 4. The van der Waals surface area contributed by atoms with Crippen LogP contribution in [0, 0.1) is 17.0 Å². The number of Topliss-reactive ketones (excluding diaryl/α,β-unsaturated/α-hetero) is 1. The molecule has 0 aromatic heterocycles. The van der Waals surface area contributed by atoms with Crippen molar-refractivity contribution in [1.29, 1.82) is 0 Å². The zero-order chi connectivity index (χ0) is 81.4. The third-order valence-corrected chi connectivity index (χ3v) is 16.5. The number of benzene rings is 6. The van der Waals surface area contributed by atoms with E-state index in [2.05, 4.69) is 47.0 Å². The third-order valence-electron chi connectivity index (χ3n) is 15.4. The normalized spacial score (nSPS) is 15.2. The minimum absolute atomic E-state index is 0.0201. The number of anilines is 4. The number of nitrogens with one attached hydrogen (secondary N) is 6. The van der Waals surface area contributed by atoms with Gasteiger partial charge in [-0.3, -0.25) is 49.6 Å². The van der Waals surface area contributed by atoms with E-state index in [-0.39, 0.29) is 60.9 Å². The Morgan fingerprint density at radius 2 is 1.18 bits per heavy atom. The van der Waals surface area contributed by atoms with Gasteiger partial charge < -0.3 is 91.4 Å². The highest BCUT2D eigenvalue weighted by Gasteiger charge is 2.30. The fraction of sp³-hybridized carbons (Fsp3) is 0.359. The van der Waals surface area contributed by atoms with Crippen molar-refractivity contribution < 1.29 is 101 Å². The van der Waals surface area contributed by atoms with Crippen molar-refractivity contribution in [2.75, 3.05) is 81.0 Å². The molecular formula is C78H90N10O22S2-4. The van der Waals surface area contributed by atoms with Crippen LogP contribution in [0.4, 0.5) is 38.0 Å². The Hall–Kier alpha value is -11.5. The van der Waals surface area contributed by atoms with Gasteiger partial charge in [-0.2, -0.15) is 5.10 Å². The van der Waals surface area contributed by atoms with E-state index < -0.39 is 53.9 Å². The van der Waals surface area contributed by atoms with Crippen LogP contribution in [-0.2, 0) is 81.2 Å². The van der Waals surface area contributed by atoms with E-state index in [4.69, 9.17) is 45.8 Å². The van der Waals surface area contributed by atoms with E-state index in [1.54, 1.807) is 92.0 Å². The summed E-state index contributed by atoms with van der Waals surface area (Å²) in [6.07, 6.45) is 3.72. The number of carbonyl (C=O) groups is 10. The lowest BCUT2D eigenvalue weighted by Gasteiger charge is -2.36. The second kappa shape index (κ2) is 51.8. The molecular weight excluding hydrogens is 1490 g/mol. The Kier molecular flexibility index (Phi) is 42.1. The lowest BCUT2D eigenvalue weighted by Crippen LogP contribution is -2.43. The van der Waals surface area contributed by atoms with Crippen molar-refractivity contribution in [2.45, 2.75) is 123 Å². The zero-order valence-electron chi connectivity index (χ0n) is 62.3. The largest absolute Gasteiger partial charge is 0.753 e. The van der Waals surface area contributed by atoms with Crippen LogP contribution in [0.25, 0.3) is 6.08 Å². The molecule has 0 bridgehead atoms. The van der Waals surface area contributed by atoms with Crippen molar-refractivity contribution in [1.82, 2.24) is 15.6 Å². The summed E-state index contributed by atoms with van der Waals surface area (Å²) in [6.45, 7) is 9.25. The van der Waals surface area contributed by atoms with E-state index in [1.807, 2.05) is 67.6 Å². The third kappa shape index (κ3) is 39.7. The summed E-state index contributed by atoms with van der Waals surface area (Å²) in [6, 6.07) is 44.3. The molecule has 2 saturated heterocycles. The summed E-state index contributed by atoms with van der Waals surface area (Å²) < 4.78 is 37.6. The number of unbranched alkanes of at least 4 members (excludes halogenated alkanes) is 2. The van der Waals surface area contributed by atoms with Gasteiger partial charge in [0, 0.05) is 96.0 Å². The van der Waals surface area contributed by atoms with Crippen LogP contribution in [0.3, 0.4) is 0 Å². The van der Waals surface area contributed by atoms with Gasteiger partial charge in [-0.15, -0.1) is 0 Å². The number of ether oxygens (including phenoxy) is 7. The molecule has 2 fully saturated rings. The minimum Gasteiger partial charge on any atom is -0.753 e. The number of hydrogen-bond acceptors (Lipinski definition) is 27. The van der Waals surface area contributed by atoms with Crippen LogP contribution in [0.5, 0.6) is 5.75 Å². The summed E-state index contributed by atoms with van der Waals surface area (Å²) in [4.78, 5) is 128. The number of carboxylic acids is 3. The molecule has 0 atom stereocenters. The highest BCUT2D eigenvalue weighted by atomic mass is 32.2. The molecule has 0 saturated carbocycles. The summed E-state index contributed by atoms with van der Waals surface area (Å²) in [7, 11) is 1.58. The number of thioether (sulfide) groups is 1. The zero-order valence-corrected chi connectivity index (χ0v) is 63.9. The fourth-order valence-electron chi connectivity index (χ4n) is 9.95. The topological polar surface area (TPSA) is 448 Å². The summed E-state index contributed by atoms with van der Waals surface area (Å²) >= 11 is 6.02. The SMILES string of the molecule is CC(=O)c1ccc(/C=C2\SC([S-])=NC2=O)cc1.COc1ccc(NC(C)=O)cc1CNC(=O)CN1CCOCC1.Cc1cccc(NCC(=O)N/N=C/c2cccc([N+](=O)[O-])c2)c1.O=C(Nc1ccccc1)OCCCCCOC(=O)Nc1ccccc1.O=C([O-])CCCC1OC(CCCC(=O)[O-])OC(CCCC(=O)[O-])O1. The Labute approximate surface area is 657 Å². The van der Waals surface area contributed by atoms with E-state index in [0.29, 0.717) is 134 Å². The first-order valence-corrected chi connectivity index (χ1v) is 36.7. The van der Waals surface area contributed by atoms with Gasteiger partial charge in [-0.25, -0.2) is 20.0 Å². The number of non-ortho nitro benzene ring substituents is 1. The monoisotopic (exact) mass is 1580 g/mol. The van der Waals surface area contributed by atoms with Crippen LogP contribution in [0.1, 0.15) is 124 Å². The van der Waals surface area contributed by atoms with Crippen molar-refractivity contribution in [3.63, 3.8) is 0 Å². The van der Waals surface area contributed by atoms with Gasteiger partial charge in [0.15, 0.2) is 24.7 Å². The Bertz CT molecular complexity index is 4010. The number of amides is 6. The van der Waals surface area contributed by atoms with E-state index in [9.17, 15) is 73.4 Å². The van der Waals surface area contributed by atoms with E-state index in [0.717, 1.165) is 41.9 Å². The quantitative estimate of drug-likeness (QED) is 0.00425. The highest BCUT2D eigenvalue weighted by molar-refractivity contribution is 8.30. The number of carbonyl (C=O) groups excluding carboxylic acids is 10. The number of carboxylic acid groups (broad SMARTS) is 3. The maximum atomic E-state index is 12.0. The number of hydrazone groups is 1.